The van der Waals surface area contributed by atoms with E-state index in [0.717, 1.165) is 28.9 Å². The number of nitrogens with zero attached hydrogens (tertiary/aromatic N) is 3. The summed E-state index contributed by atoms with van der Waals surface area (Å²) in [7, 11) is 0. The fourth-order valence-corrected chi connectivity index (χ4v) is 4.09. The molecule has 0 aliphatic rings. The number of hydrogen-bond donors (Lipinski definition) is 2. The summed E-state index contributed by atoms with van der Waals surface area (Å²) in [4.78, 5) is 27.3. The van der Waals surface area contributed by atoms with Gasteiger partial charge in [0.15, 0.2) is 5.96 Å². The van der Waals surface area contributed by atoms with Crippen LogP contribution in [0, 0.1) is 13.8 Å². The summed E-state index contributed by atoms with van der Waals surface area (Å²) in [5, 5.41) is 8.52. The van der Waals surface area contributed by atoms with Gasteiger partial charge in [0.05, 0.1) is 23.4 Å². The van der Waals surface area contributed by atoms with Crippen molar-refractivity contribution in [1.29, 1.82) is 0 Å². The zero-order valence-corrected chi connectivity index (χ0v) is 20.8. The maximum atomic E-state index is 12.0. The highest BCUT2D eigenvalue weighted by molar-refractivity contribution is 14.0. The molecule has 0 saturated carbocycles. The van der Waals surface area contributed by atoms with E-state index in [1.807, 2.05) is 27.0 Å². The molecule has 2 heterocycles. The summed E-state index contributed by atoms with van der Waals surface area (Å²) in [6, 6.07) is -0.0724. The van der Waals surface area contributed by atoms with Crippen molar-refractivity contribution in [3.63, 3.8) is 0 Å². The van der Waals surface area contributed by atoms with Crippen molar-refractivity contribution >= 4 is 58.6 Å². The molecular weight excluding hydrogens is 509 g/mol. The highest BCUT2D eigenvalue weighted by atomic mass is 127. The van der Waals surface area contributed by atoms with Crippen LogP contribution in [0.4, 0.5) is 0 Å². The predicted octanol–water partition coefficient (Wildman–Crippen LogP) is 3.87. The Kier molecular flexibility index (Phi) is 10.9. The van der Waals surface area contributed by atoms with Crippen LogP contribution in [0.3, 0.4) is 0 Å². The number of esters is 1. The third-order valence-electron chi connectivity index (χ3n) is 3.61. The number of aromatic nitrogens is 2. The molecule has 0 bridgehead atoms. The Bertz CT molecular complexity index is 791. The number of hydrogen-bond acceptors (Lipinski definition) is 7. The smallest absolute Gasteiger partial charge is 0.350 e. The standard InChI is InChI=1S/C18H27N5O2S2.HI/c1-6-19-18(20-9-8-14-21-10-11(3)26-14)23-13(5)16-22-12(4)15(27-16)17(24)25-7-2;/h10,13H,6-9H2,1-5H3,(H2,19,20,23);1H. The average Bonchev–Trinajstić information content (AvgIpc) is 3.21. The molecule has 0 amide bonds. The molecule has 2 rings (SSSR count). The average molecular weight is 537 g/mol. The number of carbonyl (C=O) groups is 1. The third kappa shape index (κ3) is 7.28. The molecule has 0 aliphatic heterocycles. The fraction of sp³-hybridized carbons (Fsp3) is 0.556. The van der Waals surface area contributed by atoms with Gasteiger partial charge in [-0.25, -0.2) is 14.8 Å². The lowest BCUT2D eigenvalue weighted by Gasteiger charge is -2.15. The zero-order chi connectivity index (χ0) is 19.8. The molecule has 1 atom stereocenters. The van der Waals surface area contributed by atoms with E-state index in [4.69, 9.17) is 4.74 Å². The van der Waals surface area contributed by atoms with Crippen molar-refractivity contribution in [1.82, 2.24) is 20.6 Å². The monoisotopic (exact) mass is 537 g/mol. The van der Waals surface area contributed by atoms with Crippen LogP contribution in [0.2, 0.25) is 0 Å². The Hall–Kier alpha value is -1.27. The van der Waals surface area contributed by atoms with Crippen LogP contribution in [-0.2, 0) is 11.2 Å². The molecule has 2 aromatic rings. The van der Waals surface area contributed by atoms with Gasteiger partial charge in [-0.2, -0.15) is 0 Å². The quantitative estimate of drug-likeness (QED) is 0.230. The number of carbonyl (C=O) groups excluding carboxylic acids is 1. The Morgan fingerprint density at radius 1 is 1.32 bits per heavy atom. The fourth-order valence-electron chi connectivity index (χ4n) is 2.36. The number of rotatable bonds is 8. The highest BCUT2D eigenvalue weighted by Crippen LogP contribution is 2.24. The second-order valence-electron chi connectivity index (χ2n) is 5.93. The van der Waals surface area contributed by atoms with Gasteiger partial charge in [-0.05, 0) is 34.6 Å². The first-order valence-corrected chi connectivity index (χ1v) is 10.7. The molecule has 0 aliphatic carbocycles. The van der Waals surface area contributed by atoms with Crippen molar-refractivity contribution in [3.05, 3.63) is 31.7 Å². The minimum atomic E-state index is -0.315. The van der Waals surface area contributed by atoms with E-state index in [0.29, 0.717) is 23.7 Å². The summed E-state index contributed by atoms with van der Waals surface area (Å²) < 4.78 is 5.09. The molecule has 10 heteroatoms. The van der Waals surface area contributed by atoms with Gasteiger partial charge in [-0.3, -0.25) is 4.99 Å². The topological polar surface area (TPSA) is 88.5 Å². The van der Waals surface area contributed by atoms with Gasteiger partial charge in [0.2, 0.25) is 0 Å². The number of nitrogens with one attached hydrogen (secondary N) is 2. The molecular formula is C18H28IN5O2S2. The van der Waals surface area contributed by atoms with E-state index in [9.17, 15) is 4.79 Å². The minimum Gasteiger partial charge on any atom is -0.462 e. The van der Waals surface area contributed by atoms with Crippen LogP contribution >= 0.6 is 46.7 Å². The lowest BCUT2D eigenvalue weighted by Crippen LogP contribution is -2.38. The van der Waals surface area contributed by atoms with Gasteiger partial charge in [0.25, 0.3) is 0 Å². The van der Waals surface area contributed by atoms with E-state index in [1.54, 1.807) is 18.3 Å². The largest absolute Gasteiger partial charge is 0.462 e. The molecule has 7 nitrogen and oxygen atoms in total. The first-order chi connectivity index (χ1) is 12.9. The number of aliphatic imine (C=N–C) groups is 1. The first kappa shape index (κ1) is 24.8. The normalized spacial score (nSPS) is 12.2. The first-order valence-electron chi connectivity index (χ1n) is 9.05. The third-order valence-corrected chi connectivity index (χ3v) is 5.90. The van der Waals surface area contributed by atoms with E-state index < -0.39 is 0 Å². The summed E-state index contributed by atoms with van der Waals surface area (Å²) >= 11 is 3.06. The minimum absolute atomic E-state index is 0. The molecule has 156 valence electrons. The second kappa shape index (κ2) is 12.3. The van der Waals surface area contributed by atoms with Gasteiger partial charge < -0.3 is 15.4 Å². The molecule has 1 unspecified atom stereocenters. The van der Waals surface area contributed by atoms with Crippen molar-refractivity contribution in [2.75, 3.05) is 19.7 Å². The van der Waals surface area contributed by atoms with Crippen molar-refractivity contribution < 1.29 is 9.53 Å². The van der Waals surface area contributed by atoms with Crippen molar-refractivity contribution in [3.8, 4) is 0 Å². The molecule has 0 fully saturated rings. The maximum Gasteiger partial charge on any atom is 0.350 e. The summed E-state index contributed by atoms with van der Waals surface area (Å²) in [5.41, 5.74) is 0.697. The van der Waals surface area contributed by atoms with Crippen LogP contribution in [0.5, 0.6) is 0 Å². The summed E-state index contributed by atoms with van der Waals surface area (Å²) in [6.07, 6.45) is 2.70. The molecule has 2 N–H and O–H groups in total. The van der Waals surface area contributed by atoms with Crippen LogP contribution < -0.4 is 10.6 Å². The van der Waals surface area contributed by atoms with E-state index in [1.165, 1.54) is 16.2 Å². The van der Waals surface area contributed by atoms with Crippen LogP contribution in [0.25, 0.3) is 0 Å². The van der Waals surface area contributed by atoms with E-state index in [-0.39, 0.29) is 36.0 Å². The van der Waals surface area contributed by atoms with Crippen LogP contribution in [0.15, 0.2) is 11.2 Å². The van der Waals surface area contributed by atoms with Gasteiger partial charge >= 0.3 is 5.97 Å². The second-order valence-corrected chi connectivity index (χ2v) is 8.28. The molecule has 28 heavy (non-hydrogen) atoms. The van der Waals surface area contributed by atoms with Gasteiger partial charge in [0, 0.05) is 30.6 Å². The number of thiazole rings is 2. The predicted molar refractivity (Wildman–Crippen MR) is 126 cm³/mol. The van der Waals surface area contributed by atoms with Crippen LogP contribution in [-0.4, -0.2) is 41.6 Å². The number of guanidine groups is 1. The zero-order valence-electron chi connectivity index (χ0n) is 16.9. The Balaban J connectivity index is 0.00000392. The Labute approximate surface area is 191 Å². The number of ether oxygens (including phenoxy) is 1. The lowest BCUT2D eigenvalue weighted by atomic mass is 10.3. The SMILES string of the molecule is CCNC(=NCCc1ncc(C)s1)NC(C)c1nc(C)c(C(=O)OCC)s1.I. The van der Waals surface area contributed by atoms with Crippen molar-refractivity contribution in [2.24, 2.45) is 4.99 Å². The molecule has 0 spiro atoms. The highest BCUT2D eigenvalue weighted by Gasteiger charge is 2.20. The maximum absolute atomic E-state index is 12.0. The van der Waals surface area contributed by atoms with Gasteiger partial charge in [0.1, 0.15) is 9.88 Å². The molecule has 0 aromatic carbocycles. The van der Waals surface area contributed by atoms with Crippen molar-refractivity contribution in [2.45, 2.75) is 47.1 Å². The number of halogens is 1. The lowest BCUT2D eigenvalue weighted by molar-refractivity contribution is 0.0531. The van der Waals surface area contributed by atoms with Gasteiger partial charge in [-0.15, -0.1) is 46.7 Å². The molecule has 0 radical (unpaired) electrons. The van der Waals surface area contributed by atoms with E-state index >= 15 is 0 Å². The van der Waals surface area contributed by atoms with Gasteiger partial charge in [-0.1, -0.05) is 0 Å². The Morgan fingerprint density at radius 2 is 2.07 bits per heavy atom. The summed E-state index contributed by atoms with van der Waals surface area (Å²) in [5.74, 6) is 0.411. The summed E-state index contributed by atoms with van der Waals surface area (Å²) in [6.45, 7) is 11.5. The van der Waals surface area contributed by atoms with Crippen LogP contribution in [0.1, 0.15) is 57.1 Å². The molecule has 0 saturated heterocycles. The number of aryl methyl sites for hydroxylation is 2. The Morgan fingerprint density at radius 3 is 2.68 bits per heavy atom. The van der Waals surface area contributed by atoms with E-state index in [2.05, 4.69) is 32.5 Å². The molecule has 2 aromatic heterocycles.